The number of methoxy groups -OCH3 is 3. The minimum absolute atomic E-state index is 0.0836. The number of nitrogens with zero attached hydrogens (tertiary/aromatic N) is 2. The molecular weight excluding hydrogens is 444 g/mol. The van der Waals surface area contributed by atoms with E-state index in [1.54, 1.807) is 49.4 Å². The van der Waals surface area contributed by atoms with Crippen LogP contribution in [0.25, 0.3) is 16.9 Å². The molecule has 34 heavy (non-hydrogen) atoms. The Labute approximate surface area is 195 Å². The van der Waals surface area contributed by atoms with Crippen molar-refractivity contribution in [1.29, 1.82) is 0 Å². The number of carbonyl (C=O) groups is 3. The van der Waals surface area contributed by atoms with E-state index < -0.39 is 17.9 Å². The third-order valence-corrected chi connectivity index (χ3v) is 4.74. The average molecular weight is 468 g/mol. The number of ether oxygens (including phenoxy) is 5. The van der Waals surface area contributed by atoms with Gasteiger partial charge in [0.05, 0.1) is 33.6 Å². The van der Waals surface area contributed by atoms with E-state index in [1.165, 1.54) is 26.0 Å². The molecule has 0 radical (unpaired) electrons. The summed E-state index contributed by atoms with van der Waals surface area (Å²) in [6.07, 6.45) is 0. The highest BCUT2D eigenvalue weighted by molar-refractivity contribution is 6.06. The molecule has 3 aromatic rings. The van der Waals surface area contributed by atoms with Gasteiger partial charge in [0.25, 0.3) is 0 Å². The van der Waals surface area contributed by atoms with Gasteiger partial charge in [-0.15, -0.1) is 0 Å². The normalized spacial score (nSPS) is 10.4. The van der Waals surface area contributed by atoms with Crippen molar-refractivity contribution in [1.82, 2.24) is 9.78 Å². The molecule has 3 rings (SSSR count). The van der Waals surface area contributed by atoms with E-state index >= 15 is 0 Å². The molecule has 1 heterocycles. The fourth-order valence-electron chi connectivity index (χ4n) is 3.23. The molecule has 10 heteroatoms. The first-order valence-electron chi connectivity index (χ1n) is 10.3. The number of hydrogen-bond acceptors (Lipinski definition) is 9. The standard InChI is InChI=1S/C24H24N2O8/c1-5-33-19(27)14-34-18-13-15(11-12-17(18)30-2)21-20(23(28)31-3)22(24(29)32-4)26(25-21)16-9-7-6-8-10-16/h6-13H,5,14H2,1-4H3. The van der Waals surface area contributed by atoms with Crippen LogP contribution in [0.5, 0.6) is 11.5 Å². The first kappa shape index (κ1) is 24.3. The Morgan fingerprint density at radius 2 is 1.62 bits per heavy atom. The summed E-state index contributed by atoms with van der Waals surface area (Å²) in [5.41, 5.74) is 0.923. The summed E-state index contributed by atoms with van der Waals surface area (Å²) in [6.45, 7) is 1.56. The lowest BCUT2D eigenvalue weighted by molar-refractivity contribution is -0.145. The Morgan fingerprint density at radius 1 is 0.912 bits per heavy atom. The highest BCUT2D eigenvalue weighted by atomic mass is 16.6. The predicted octanol–water partition coefficient (Wildman–Crippen LogP) is 3.06. The molecule has 0 fully saturated rings. The van der Waals surface area contributed by atoms with Crippen LogP contribution in [0.2, 0.25) is 0 Å². The van der Waals surface area contributed by atoms with Crippen LogP contribution < -0.4 is 9.47 Å². The maximum atomic E-state index is 12.8. The molecule has 0 aliphatic heterocycles. The van der Waals surface area contributed by atoms with Crippen LogP contribution in [0.1, 0.15) is 27.8 Å². The van der Waals surface area contributed by atoms with E-state index in [4.69, 9.17) is 23.7 Å². The van der Waals surface area contributed by atoms with Gasteiger partial charge in [-0.25, -0.2) is 19.1 Å². The van der Waals surface area contributed by atoms with Gasteiger partial charge in [-0.1, -0.05) is 18.2 Å². The van der Waals surface area contributed by atoms with Gasteiger partial charge >= 0.3 is 17.9 Å². The minimum Gasteiger partial charge on any atom is -0.493 e. The molecule has 0 aliphatic carbocycles. The first-order chi connectivity index (χ1) is 16.4. The number of carbonyl (C=O) groups excluding carboxylic acids is 3. The zero-order valence-corrected chi connectivity index (χ0v) is 19.2. The smallest absolute Gasteiger partial charge is 0.357 e. The second-order valence-corrected chi connectivity index (χ2v) is 6.76. The average Bonchev–Trinajstić information content (AvgIpc) is 3.27. The topological polar surface area (TPSA) is 115 Å². The Morgan fingerprint density at radius 3 is 2.24 bits per heavy atom. The summed E-state index contributed by atoms with van der Waals surface area (Å²) in [5.74, 6) is -1.52. The molecule has 0 amide bonds. The summed E-state index contributed by atoms with van der Waals surface area (Å²) in [6, 6.07) is 13.6. The molecule has 0 aliphatic rings. The molecule has 0 saturated carbocycles. The molecule has 10 nitrogen and oxygen atoms in total. The fourth-order valence-corrected chi connectivity index (χ4v) is 3.23. The van der Waals surface area contributed by atoms with Crippen LogP contribution in [0.4, 0.5) is 0 Å². The van der Waals surface area contributed by atoms with Crippen molar-refractivity contribution >= 4 is 17.9 Å². The SMILES string of the molecule is CCOC(=O)COc1cc(-c2nn(-c3ccccc3)c(C(=O)OC)c2C(=O)OC)ccc1OC. The summed E-state index contributed by atoms with van der Waals surface area (Å²) in [7, 11) is 3.86. The molecule has 0 saturated heterocycles. The van der Waals surface area contributed by atoms with E-state index in [2.05, 4.69) is 5.10 Å². The van der Waals surface area contributed by atoms with E-state index in [9.17, 15) is 14.4 Å². The van der Waals surface area contributed by atoms with Gasteiger partial charge in [-0.2, -0.15) is 5.10 Å². The summed E-state index contributed by atoms with van der Waals surface area (Å²) < 4.78 is 27.0. The molecule has 0 spiro atoms. The lowest BCUT2D eigenvalue weighted by Crippen LogP contribution is -2.15. The van der Waals surface area contributed by atoms with Crippen LogP contribution in [0.15, 0.2) is 48.5 Å². The Balaban J connectivity index is 2.19. The van der Waals surface area contributed by atoms with Gasteiger partial charge in [-0.3, -0.25) is 0 Å². The van der Waals surface area contributed by atoms with Crippen molar-refractivity contribution in [2.45, 2.75) is 6.92 Å². The Bertz CT molecular complexity index is 1190. The highest BCUT2D eigenvalue weighted by Crippen LogP contribution is 2.35. The number of esters is 3. The lowest BCUT2D eigenvalue weighted by Gasteiger charge is -2.12. The van der Waals surface area contributed by atoms with Gasteiger partial charge in [-0.05, 0) is 37.3 Å². The summed E-state index contributed by atoms with van der Waals surface area (Å²) in [5, 5.41) is 4.54. The van der Waals surface area contributed by atoms with Gasteiger partial charge in [0.2, 0.25) is 0 Å². The molecule has 0 N–H and O–H groups in total. The number of benzene rings is 2. The van der Waals surface area contributed by atoms with E-state index in [-0.39, 0.29) is 35.9 Å². The second kappa shape index (κ2) is 11.0. The van der Waals surface area contributed by atoms with Crippen molar-refractivity contribution < 1.29 is 38.1 Å². The zero-order valence-electron chi connectivity index (χ0n) is 19.2. The van der Waals surface area contributed by atoms with Crippen LogP contribution in [0.3, 0.4) is 0 Å². The third kappa shape index (κ3) is 5.01. The molecule has 2 aromatic carbocycles. The first-order valence-corrected chi connectivity index (χ1v) is 10.3. The van der Waals surface area contributed by atoms with E-state index in [0.29, 0.717) is 17.0 Å². The summed E-state index contributed by atoms with van der Waals surface area (Å²) >= 11 is 0. The number of para-hydroxylation sites is 1. The van der Waals surface area contributed by atoms with Gasteiger partial charge < -0.3 is 23.7 Å². The fraction of sp³-hybridized carbons (Fsp3) is 0.250. The lowest BCUT2D eigenvalue weighted by atomic mass is 10.0. The van der Waals surface area contributed by atoms with E-state index in [1.807, 2.05) is 6.07 Å². The molecular formula is C24H24N2O8. The van der Waals surface area contributed by atoms with Crippen molar-refractivity contribution in [3.63, 3.8) is 0 Å². The highest BCUT2D eigenvalue weighted by Gasteiger charge is 2.31. The van der Waals surface area contributed by atoms with Crippen LogP contribution in [-0.4, -0.2) is 62.2 Å². The maximum absolute atomic E-state index is 12.8. The van der Waals surface area contributed by atoms with Gasteiger partial charge in [0.15, 0.2) is 23.8 Å². The third-order valence-electron chi connectivity index (χ3n) is 4.74. The van der Waals surface area contributed by atoms with Crippen LogP contribution >= 0.6 is 0 Å². The van der Waals surface area contributed by atoms with Gasteiger partial charge in [0.1, 0.15) is 11.3 Å². The quantitative estimate of drug-likeness (QED) is 0.345. The monoisotopic (exact) mass is 468 g/mol. The summed E-state index contributed by atoms with van der Waals surface area (Å²) in [4.78, 5) is 37.3. The largest absolute Gasteiger partial charge is 0.493 e. The van der Waals surface area contributed by atoms with Gasteiger partial charge in [0, 0.05) is 5.56 Å². The van der Waals surface area contributed by atoms with Crippen molar-refractivity contribution in [2.75, 3.05) is 34.5 Å². The molecule has 178 valence electrons. The number of rotatable bonds is 9. The number of hydrogen-bond donors (Lipinski definition) is 0. The number of aromatic nitrogens is 2. The van der Waals surface area contributed by atoms with Crippen LogP contribution in [-0.2, 0) is 19.0 Å². The molecule has 0 atom stereocenters. The molecule has 0 unspecified atom stereocenters. The zero-order chi connectivity index (χ0) is 24.7. The molecule has 1 aromatic heterocycles. The molecule has 0 bridgehead atoms. The predicted molar refractivity (Wildman–Crippen MR) is 120 cm³/mol. The van der Waals surface area contributed by atoms with Crippen molar-refractivity contribution in [3.05, 3.63) is 59.8 Å². The Kier molecular flexibility index (Phi) is 7.86. The minimum atomic E-state index is -0.776. The van der Waals surface area contributed by atoms with Crippen molar-refractivity contribution in [2.24, 2.45) is 0 Å². The van der Waals surface area contributed by atoms with Crippen LogP contribution in [0, 0.1) is 0 Å². The van der Waals surface area contributed by atoms with Crippen molar-refractivity contribution in [3.8, 4) is 28.4 Å². The van der Waals surface area contributed by atoms with E-state index in [0.717, 1.165) is 0 Å². The second-order valence-electron chi connectivity index (χ2n) is 6.76. The Hall–Kier alpha value is -4.34. The maximum Gasteiger partial charge on any atom is 0.357 e.